The van der Waals surface area contributed by atoms with Gasteiger partial charge >= 0.3 is 0 Å². The maximum absolute atomic E-state index is 5.74. The number of rotatable bonds is 7. The number of aromatic nitrogens is 1. The molecule has 0 saturated heterocycles. The Morgan fingerprint density at radius 1 is 0.815 bits per heavy atom. The first kappa shape index (κ1) is 18.9. The molecule has 4 heteroatoms. The van der Waals surface area contributed by atoms with Crippen LogP contribution in [0.1, 0.15) is 25.0 Å². The highest BCUT2D eigenvalue weighted by Crippen LogP contribution is 2.45. The molecule has 0 fully saturated rings. The molecule has 4 nitrogen and oxygen atoms in total. The summed E-state index contributed by atoms with van der Waals surface area (Å²) in [5.41, 5.74) is 5.80. The van der Waals surface area contributed by atoms with Crippen molar-refractivity contribution >= 4 is 0 Å². The largest absolute Gasteiger partial charge is 0.496 e. The van der Waals surface area contributed by atoms with Crippen molar-refractivity contribution in [1.82, 2.24) is 4.57 Å². The van der Waals surface area contributed by atoms with Gasteiger partial charge in [0.05, 0.1) is 32.6 Å². The van der Waals surface area contributed by atoms with Crippen molar-refractivity contribution in [2.24, 2.45) is 0 Å². The van der Waals surface area contributed by atoms with Crippen molar-refractivity contribution in [3.8, 4) is 34.2 Å². The molecule has 2 aromatic carbocycles. The topological polar surface area (TPSA) is 32.6 Å². The van der Waals surface area contributed by atoms with Crippen LogP contribution in [0.2, 0.25) is 0 Å². The SMILES string of the molecule is CCc1cn(-c2ccccc2)c(-c2c(OC)cc(OC)cc2OC)c1CC. The number of nitrogens with zero attached hydrogens (tertiary/aromatic N) is 1. The summed E-state index contributed by atoms with van der Waals surface area (Å²) in [5, 5.41) is 0. The van der Waals surface area contributed by atoms with Crippen LogP contribution in [0.5, 0.6) is 17.2 Å². The van der Waals surface area contributed by atoms with Crippen LogP contribution in [0.4, 0.5) is 0 Å². The fraction of sp³-hybridized carbons (Fsp3) is 0.304. The minimum Gasteiger partial charge on any atom is -0.496 e. The zero-order chi connectivity index (χ0) is 19.4. The molecular weight excluding hydrogens is 338 g/mol. The molecule has 0 unspecified atom stereocenters. The van der Waals surface area contributed by atoms with Gasteiger partial charge in [0.25, 0.3) is 0 Å². The highest BCUT2D eigenvalue weighted by atomic mass is 16.5. The smallest absolute Gasteiger partial charge is 0.135 e. The van der Waals surface area contributed by atoms with Crippen LogP contribution in [0, 0.1) is 0 Å². The van der Waals surface area contributed by atoms with Crippen molar-refractivity contribution in [2.75, 3.05) is 21.3 Å². The van der Waals surface area contributed by atoms with E-state index in [1.54, 1.807) is 21.3 Å². The van der Waals surface area contributed by atoms with Gasteiger partial charge in [0.1, 0.15) is 17.2 Å². The molecule has 142 valence electrons. The summed E-state index contributed by atoms with van der Waals surface area (Å²) >= 11 is 0. The molecule has 1 aromatic heterocycles. The monoisotopic (exact) mass is 365 g/mol. The molecular formula is C23H27NO3. The Bertz CT molecular complexity index is 888. The Balaban J connectivity index is 2.39. The van der Waals surface area contributed by atoms with E-state index in [1.165, 1.54) is 11.1 Å². The van der Waals surface area contributed by atoms with E-state index in [0.717, 1.165) is 41.3 Å². The first-order chi connectivity index (χ1) is 13.2. The van der Waals surface area contributed by atoms with Crippen LogP contribution < -0.4 is 14.2 Å². The fourth-order valence-corrected chi connectivity index (χ4v) is 3.60. The molecule has 0 N–H and O–H groups in total. The molecule has 0 aliphatic heterocycles. The van der Waals surface area contributed by atoms with Gasteiger partial charge in [0.2, 0.25) is 0 Å². The van der Waals surface area contributed by atoms with E-state index in [4.69, 9.17) is 14.2 Å². The van der Waals surface area contributed by atoms with Gasteiger partial charge in [-0.05, 0) is 36.1 Å². The highest BCUT2D eigenvalue weighted by Gasteiger charge is 2.24. The summed E-state index contributed by atoms with van der Waals surface area (Å²) < 4.78 is 19.2. The standard InChI is InChI=1S/C23H27NO3/c1-6-16-15-24(17-11-9-8-10-12-17)23(19(16)7-2)22-20(26-4)13-18(25-3)14-21(22)27-5/h8-15H,6-7H2,1-5H3. The summed E-state index contributed by atoms with van der Waals surface area (Å²) in [5.74, 6) is 2.18. The van der Waals surface area contributed by atoms with Crippen LogP contribution in [0.25, 0.3) is 16.9 Å². The number of aryl methyl sites for hydroxylation is 1. The van der Waals surface area contributed by atoms with Crippen molar-refractivity contribution < 1.29 is 14.2 Å². The number of hydrogen-bond donors (Lipinski definition) is 0. The molecule has 27 heavy (non-hydrogen) atoms. The lowest BCUT2D eigenvalue weighted by Gasteiger charge is -2.19. The van der Waals surface area contributed by atoms with Gasteiger partial charge in [0.15, 0.2) is 0 Å². The molecule has 0 aliphatic rings. The lowest BCUT2D eigenvalue weighted by Crippen LogP contribution is -2.02. The van der Waals surface area contributed by atoms with Crippen molar-refractivity contribution in [1.29, 1.82) is 0 Å². The summed E-state index contributed by atoms with van der Waals surface area (Å²) in [6.07, 6.45) is 4.13. The molecule has 3 aromatic rings. The Hall–Kier alpha value is -2.88. The molecule has 1 heterocycles. The number of benzene rings is 2. The summed E-state index contributed by atoms with van der Waals surface area (Å²) in [4.78, 5) is 0. The van der Waals surface area contributed by atoms with Gasteiger partial charge in [0, 0.05) is 24.0 Å². The second kappa shape index (κ2) is 8.21. The number of ether oxygens (including phenoxy) is 3. The van der Waals surface area contributed by atoms with E-state index >= 15 is 0 Å². The van der Waals surface area contributed by atoms with Crippen molar-refractivity contribution in [3.63, 3.8) is 0 Å². The lowest BCUT2D eigenvalue weighted by atomic mass is 9.99. The van der Waals surface area contributed by atoms with Crippen LogP contribution >= 0.6 is 0 Å². The average molecular weight is 365 g/mol. The average Bonchev–Trinajstić information content (AvgIpc) is 3.11. The van der Waals surface area contributed by atoms with E-state index in [1.807, 2.05) is 18.2 Å². The van der Waals surface area contributed by atoms with Crippen LogP contribution in [0.3, 0.4) is 0 Å². The van der Waals surface area contributed by atoms with Crippen LogP contribution in [0.15, 0.2) is 48.7 Å². The first-order valence-electron chi connectivity index (χ1n) is 9.27. The normalized spacial score (nSPS) is 10.7. The van der Waals surface area contributed by atoms with Gasteiger partial charge in [-0.1, -0.05) is 32.0 Å². The third-order valence-electron chi connectivity index (χ3n) is 4.92. The van der Waals surface area contributed by atoms with Gasteiger partial charge in [-0.3, -0.25) is 0 Å². The van der Waals surface area contributed by atoms with Gasteiger partial charge in [-0.15, -0.1) is 0 Å². The maximum atomic E-state index is 5.74. The zero-order valence-electron chi connectivity index (χ0n) is 16.7. The molecule has 0 bridgehead atoms. The quantitative estimate of drug-likeness (QED) is 0.570. The maximum Gasteiger partial charge on any atom is 0.135 e. The molecule has 0 amide bonds. The predicted octanol–water partition coefficient (Wildman–Crippen LogP) is 5.29. The second-order valence-corrected chi connectivity index (χ2v) is 6.30. The Morgan fingerprint density at radius 3 is 1.93 bits per heavy atom. The minimum absolute atomic E-state index is 0.707. The van der Waals surface area contributed by atoms with Crippen molar-refractivity contribution in [2.45, 2.75) is 26.7 Å². The Morgan fingerprint density at radius 2 is 1.44 bits per heavy atom. The van der Waals surface area contributed by atoms with Gasteiger partial charge in [-0.2, -0.15) is 0 Å². The van der Waals surface area contributed by atoms with Gasteiger partial charge in [-0.25, -0.2) is 0 Å². The first-order valence-corrected chi connectivity index (χ1v) is 9.27. The summed E-state index contributed by atoms with van der Waals surface area (Å²) in [6, 6.07) is 14.2. The van der Waals surface area contributed by atoms with E-state index in [2.05, 4.69) is 48.9 Å². The molecule has 0 saturated carbocycles. The van der Waals surface area contributed by atoms with Crippen LogP contribution in [-0.2, 0) is 12.8 Å². The number of para-hydroxylation sites is 1. The van der Waals surface area contributed by atoms with E-state index in [9.17, 15) is 0 Å². The molecule has 0 atom stereocenters. The third kappa shape index (κ3) is 3.39. The second-order valence-electron chi connectivity index (χ2n) is 6.30. The Kier molecular flexibility index (Phi) is 5.75. The lowest BCUT2D eigenvalue weighted by molar-refractivity contribution is 0.377. The summed E-state index contributed by atoms with van der Waals surface area (Å²) in [7, 11) is 5.01. The summed E-state index contributed by atoms with van der Waals surface area (Å²) in [6.45, 7) is 4.38. The van der Waals surface area contributed by atoms with Crippen LogP contribution in [-0.4, -0.2) is 25.9 Å². The molecule has 0 radical (unpaired) electrons. The minimum atomic E-state index is 0.707. The van der Waals surface area contributed by atoms with Crippen molar-refractivity contribution in [3.05, 3.63) is 59.8 Å². The van der Waals surface area contributed by atoms with E-state index in [0.29, 0.717) is 5.75 Å². The molecule has 3 rings (SSSR count). The van der Waals surface area contributed by atoms with E-state index in [-0.39, 0.29) is 0 Å². The molecule has 0 spiro atoms. The molecule has 0 aliphatic carbocycles. The van der Waals surface area contributed by atoms with Gasteiger partial charge < -0.3 is 18.8 Å². The fourth-order valence-electron chi connectivity index (χ4n) is 3.60. The van der Waals surface area contributed by atoms with E-state index < -0.39 is 0 Å². The Labute approximate surface area is 161 Å². The third-order valence-corrected chi connectivity index (χ3v) is 4.92. The predicted molar refractivity (Wildman–Crippen MR) is 110 cm³/mol. The number of methoxy groups -OCH3 is 3. The number of hydrogen-bond acceptors (Lipinski definition) is 3. The highest BCUT2D eigenvalue weighted by molar-refractivity contribution is 5.81. The zero-order valence-corrected chi connectivity index (χ0v) is 16.7.